The Bertz CT molecular complexity index is 826. The highest BCUT2D eigenvalue weighted by molar-refractivity contribution is 7.22. The second kappa shape index (κ2) is 5.94. The Morgan fingerprint density at radius 3 is 3.00 bits per heavy atom. The molecule has 0 atom stereocenters. The molecule has 0 radical (unpaired) electrons. The van der Waals surface area contributed by atoms with E-state index in [9.17, 15) is 9.59 Å². The Labute approximate surface area is 129 Å². The van der Waals surface area contributed by atoms with Crippen LogP contribution < -0.4 is 5.32 Å². The molecule has 0 aliphatic carbocycles. The topological polar surface area (TPSA) is 86.1 Å². The van der Waals surface area contributed by atoms with Crippen molar-refractivity contribution >= 4 is 38.6 Å². The van der Waals surface area contributed by atoms with Gasteiger partial charge in [-0.25, -0.2) is 14.8 Å². The molecule has 0 saturated carbocycles. The fourth-order valence-corrected chi connectivity index (χ4v) is 2.85. The number of hydrogen-bond acceptors (Lipinski definition) is 6. The molecule has 0 fully saturated rings. The maximum Gasteiger partial charge on any atom is 0.337 e. The molecule has 0 bridgehead atoms. The third kappa shape index (κ3) is 2.96. The van der Waals surface area contributed by atoms with Crippen molar-refractivity contribution < 1.29 is 14.3 Å². The van der Waals surface area contributed by atoms with Gasteiger partial charge in [-0.2, -0.15) is 0 Å². The lowest BCUT2D eigenvalue weighted by molar-refractivity contribution is -0.116. The molecule has 1 aromatic carbocycles. The number of methoxy groups -OCH3 is 1. The summed E-state index contributed by atoms with van der Waals surface area (Å²) in [4.78, 5) is 31.6. The summed E-state index contributed by atoms with van der Waals surface area (Å²) in [6, 6.07) is 5.07. The number of imidazole rings is 1. The lowest BCUT2D eigenvalue weighted by atomic mass is 10.2. The zero-order chi connectivity index (χ0) is 15.5. The van der Waals surface area contributed by atoms with Crippen LogP contribution >= 0.6 is 11.3 Å². The molecule has 3 aromatic rings. The van der Waals surface area contributed by atoms with Gasteiger partial charge in [-0.1, -0.05) is 11.3 Å². The van der Waals surface area contributed by atoms with Crippen molar-refractivity contribution in [2.75, 3.05) is 12.4 Å². The largest absolute Gasteiger partial charge is 0.465 e. The molecule has 2 heterocycles. The van der Waals surface area contributed by atoms with E-state index in [0.717, 1.165) is 10.2 Å². The first-order chi connectivity index (χ1) is 10.7. The van der Waals surface area contributed by atoms with Crippen LogP contribution in [0.2, 0.25) is 0 Å². The van der Waals surface area contributed by atoms with E-state index in [-0.39, 0.29) is 12.5 Å². The maximum atomic E-state index is 11.9. The van der Waals surface area contributed by atoms with Gasteiger partial charge in [0.25, 0.3) is 0 Å². The quantitative estimate of drug-likeness (QED) is 0.743. The van der Waals surface area contributed by atoms with E-state index in [4.69, 9.17) is 0 Å². The molecule has 0 unspecified atom stereocenters. The number of amides is 1. The van der Waals surface area contributed by atoms with Gasteiger partial charge in [-0.15, -0.1) is 0 Å². The number of ether oxygens (including phenoxy) is 1. The molecule has 3 rings (SSSR count). The minimum Gasteiger partial charge on any atom is -0.465 e. The summed E-state index contributed by atoms with van der Waals surface area (Å²) in [5.74, 6) is -0.591. The van der Waals surface area contributed by atoms with Crippen LogP contribution in [0.5, 0.6) is 0 Å². The molecule has 0 aliphatic rings. The number of thiazole rings is 1. The standard InChI is InChI=1S/C14H12N4O3S/c1-21-13(20)9-2-3-10-11(6-9)22-14(16-10)17-12(19)7-18-5-4-15-8-18/h2-6,8H,7H2,1H3,(H,16,17,19). The molecule has 1 amide bonds. The number of anilines is 1. The highest BCUT2D eigenvalue weighted by atomic mass is 32.1. The maximum absolute atomic E-state index is 11.9. The van der Waals surface area contributed by atoms with Crippen LogP contribution in [-0.2, 0) is 16.1 Å². The van der Waals surface area contributed by atoms with Gasteiger partial charge in [0, 0.05) is 12.4 Å². The van der Waals surface area contributed by atoms with Crippen molar-refractivity contribution in [1.82, 2.24) is 14.5 Å². The molecular formula is C14H12N4O3S. The van der Waals surface area contributed by atoms with Crippen molar-refractivity contribution in [3.63, 3.8) is 0 Å². The van der Waals surface area contributed by atoms with E-state index in [1.54, 1.807) is 41.5 Å². The van der Waals surface area contributed by atoms with Gasteiger partial charge in [-0.3, -0.25) is 4.79 Å². The number of esters is 1. The Hall–Kier alpha value is -2.74. The van der Waals surface area contributed by atoms with E-state index in [2.05, 4.69) is 20.0 Å². The summed E-state index contributed by atoms with van der Waals surface area (Å²) >= 11 is 1.30. The number of nitrogens with zero attached hydrogens (tertiary/aromatic N) is 3. The molecule has 0 aliphatic heterocycles. The lowest BCUT2D eigenvalue weighted by Crippen LogP contribution is -2.17. The van der Waals surface area contributed by atoms with Crippen LogP contribution in [0.3, 0.4) is 0 Å². The van der Waals surface area contributed by atoms with Crippen LogP contribution in [0.15, 0.2) is 36.9 Å². The van der Waals surface area contributed by atoms with Crippen LogP contribution in [0.25, 0.3) is 10.2 Å². The Balaban J connectivity index is 1.77. The zero-order valence-corrected chi connectivity index (χ0v) is 12.5. The molecular weight excluding hydrogens is 304 g/mol. The van der Waals surface area contributed by atoms with Crippen molar-refractivity contribution in [3.8, 4) is 0 Å². The summed E-state index contributed by atoms with van der Waals surface area (Å²) in [6.45, 7) is 0.170. The van der Waals surface area contributed by atoms with Gasteiger partial charge in [-0.05, 0) is 18.2 Å². The number of fused-ring (bicyclic) bond motifs is 1. The van der Waals surface area contributed by atoms with E-state index in [1.165, 1.54) is 18.4 Å². The second-order valence-corrected chi connectivity index (χ2v) is 5.51. The van der Waals surface area contributed by atoms with Crippen molar-refractivity contribution in [2.45, 2.75) is 6.54 Å². The van der Waals surface area contributed by atoms with E-state index in [1.807, 2.05) is 0 Å². The molecule has 112 valence electrons. The smallest absolute Gasteiger partial charge is 0.337 e. The van der Waals surface area contributed by atoms with Crippen molar-refractivity contribution in [2.24, 2.45) is 0 Å². The highest BCUT2D eigenvalue weighted by Crippen LogP contribution is 2.27. The molecule has 1 N–H and O–H groups in total. The normalized spacial score (nSPS) is 10.6. The summed E-state index contributed by atoms with van der Waals surface area (Å²) in [5, 5.41) is 3.22. The monoisotopic (exact) mass is 316 g/mol. The van der Waals surface area contributed by atoms with Crippen LogP contribution in [0.1, 0.15) is 10.4 Å². The Morgan fingerprint density at radius 2 is 2.27 bits per heavy atom. The first kappa shape index (κ1) is 14.2. The Kier molecular flexibility index (Phi) is 3.84. The fourth-order valence-electron chi connectivity index (χ4n) is 1.93. The number of hydrogen-bond donors (Lipinski definition) is 1. The molecule has 7 nitrogen and oxygen atoms in total. The fraction of sp³-hybridized carbons (Fsp3) is 0.143. The first-order valence-electron chi connectivity index (χ1n) is 6.40. The molecule has 0 saturated heterocycles. The van der Waals surface area contributed by atoms with Gasteiger partial charge >= 0.3 is 5.97 Å². The predicted octanol–water partition coefficient (Wildman–Crippen LogP) is 1.92. The van der Waals surface area contributed by atoms with Gasteiger partial charge in [0.1, 0.15) is 6.54 Å². The van der Waals surface area contributed by atoms with E-state index < -0.39 is 5.97 Å². The summed E-state index contributed by atoms with van der Waals surface area (Å²) in [6.07, 6.45) is 4.89. The van der Waals surface area contributed by atoms with Crippen LogP contribution in [0, 0.1) is 0 Å². The zero-order valence-electron chi connectivity index (χ0n) is 11.6. The number of nitrogens with one attached hydrogen (secondary N) is 1. The molecule has 2 aromatic heterocycles. The number of carbonyl (C=O) groups is 2. The highest BCUT2D eigenvalue weighted by Gasteiger charge is 2.11. The van der Waals surface area contributed by atoms with Crippen LogP contribution in [-0.4, -0.2) is 33.5 Å². The number of aromatic nitrogens is 3. The Morgan fingerprint density at radius 1 is 1.41 bits per heavy atom. The van der Waals surface area contributed by atoms with Gasteiger partial charge in [0.2, 0.25) is 5.91 Å². The summed E-state index contributed by atoms with van der Waals surface area (Å²) in [7, 11) is 1.33. The third-order valence-corrected chi connectivity index (χ3v) is 3.87. The van der Waals surface area contributed by atoms with Gasteiger partial charge in [0.15, 0.2) is 5.13 Å². The van der Waals surface area contributed by atoms with Crippen LogP contribution in [0.4, 0.5) is 5.13 Å². The van der Waals surface area contributed by atoms with Gasteiger partial charge < -0.3 is 14.6 Å². The SMILES string of the molecule is COC(=O)c1ccc2nc(NC(=O)Cn3ccnc3)sc2c1. The number of rotatable bonds is 4. The van der Waals surface area contributed by atoms with Crippen molar-refractivity contribution in [3.05, 3.63) is 42.5 Å². The predicted molar refractivity (Wildman–Crippen MR) is 81.8 cm³/mol. The number of benzene rings is 1. The minimum atomic E-state index is -0.402. The molecule has 22 heavy (non-hydrogen) atoms. The summed E-state index contributed by atoms with van der Waals surface area (Å²) in [5.41, 5.74) is 1.17. The average molecular weight is 316 g/mol. The summed E-state index contributed by atoms with van der Waals surface area (Å²) < 4.78 is 7.15. The van der Waals surface area contributed by atoms with E-state index in [0.29, 0.717) is 10.7 Å². The van der Waals surface area contributed by atoms with Gasteiger partial charge in [0.05, 0.1) is 29.2 Å². The van der Waals surface area contributed by atoms with Crippen molar-refractivity contribution in [1.29, 1.82) is 0 Å². The third-order valence-electron chi connectivity index (χ3n) is 2.94. The second-order valence-electron chi connectivity index (χ2n) is 4.48. The number of carbonyl (C=O) groups excluding carboxylic acids is 2. The first-order valence-corrected chi connectivity index (χ1v) is 7.22. The molecule has 8 heteroatoms. The lowest BCUT2D eigenvalue weighted by Gasteiger charge is -2.01. The van der Waals surface area contributed by atoms with E-state index >= 15 is 0 Å². The molecule has 0 spiro atoms. The minimum absolute atomic E-state index is 0.170. The average Bonchev–Trinajstić information content (AvgIpc) is 3.14.